The normalized spacial score (nSPS) is 20.9. The Hall–Kier alpha value is -2.45. The largest absolute Gasteiger partial charge is 0.497 e. The van der Waals surface area contributed by atoms with Crippen LogP contribution in [0.1, 0.15) is 31.4 Å². The molecule has 2 fully saturated rings. The molecule has 0 N–H and O–H groups in total. The first kappa shape index (κ1) is 19.5. The van der Waals surface area contributed by atoms with Crippen LogP contribution in [0.5, 0.6) is 5.75 Å². The molecule has 2 aromatic rings. The summed E-state index contributed by atoms with van der Waals surface area (Å²) in [5.41, 5.74) is 2.17. The molecule has 1 aromatic carbocycles. The molecule has 30 heavy (non-hydrogen) atoms. The lowest BCUT2D eigenvalue weighted by atomic mass is 10.0. The molecule has 0 spiro atoms. The van der Waals surface area contributed by atoms with E-state index in [4.69, 9.17) is 31.7 Å². The van der Waals surface area contributed by atoms with E-state index in [1.165, 1.54) is 5.56 Å². The lowest BCUT2D eigenvalue weighted by molar-refractivity contribution is 0.122. The van der Waals surface area contributed by atoms with Crippen LogP contribution in [-0.4, -0.2) is 66.5 Å². The van der Waals surface area contributed by atoms with Gasteiger partial charge in [0.15, 0.2) is 10.9 Å². The standard InChI is InChI=1S/C22H27N5O2S/c1-3-26-21-18(17-8-5-9-27(17)22(26)30)20(25-10-12-29-13-11-25)23-19(24-21)15-6-4-7-16(14-15)28-2/h4,6-7,14,17H,3,5,8-13H2,1-2H3. The lowest BCUT2D eigenvalue weighted by Gasteiger charge is -2.42. The number of hydrogen-bond acceptors (Lipinski definition) is 6. The Morgan fingerprint density at radius 1 is 1.17 bits per heavy atom. The molecule has 158 valence electrons. The van der Waals surface area contributed by atoms with Crippen molar-refractivity contribution in [3.8, 4) is 17.1 Å². The van der Waals surface area contributed by atoms with Crippen LogP contribution in [-0.2, 0) is 4.74 Å². The van der Waals surface area contributed by atoms with Gasteiger partial charge in [-0.25, -0.2) is 9.97 Å². The van der Waals surface area contributed by atoms with E-state index >= 15 is 0 Å². The number of anilines is 2. The molecule has 3 aliphatic rings. The van der Waals surface area contributed by atoms with E-state index in [9.17, 15) is 0 Å². The number of hydrogen-bond donors (Lipinski definition) is 0. The molecule has 5 rings (SSSR count). The Kier molecular flexibility index (Phi) is 5.20. The number of benzene rings is 1. The molecule has 0 radical (unpaired) electrons. The second-order valence-corrected chi connectivity index (χ2v) is 8.18. The van der Waals surface area contributed by atoms with Crippen molar-refractivity contribution in [3.05, 3.63) is 29.8 Å². The van der Waals surface area contributed by atoms with Gasteiger partial charge in [-0.3, -0.25) is 0 Å². The summed E-state index contributed by atoms with van der Waals surface area (Å²) in [5, 5.41) is 0.885. The average Bonchev–Trinajstić information content (AvgIpc) is 3.29. The molecule has 2 saturated heterocycles. The molecule has 0 amide bonds. The van der Waals surface area contributed by atoms with E-state index < -0.39 is 0 Å². The number of morpholine rings is 1. The van der Waals surface area contributed by atoms with Crippen molar-refractivity contribution in [2.75, 3.05) is 56.3 Å². The van der Waals surface area contributed by atoms with Crippen molar-refractivity contribution in [1.82, 2.24) is 14.9 Å². The highest BCUT2D eigenvalue weighted by Crippen LogP contribution is 2.46. The molecule has 7 nitrogen and oxygen atoms in total. The number of fused-ring (bicyclic) bond motifs is 3. The zero-order valence-electron chi connectivity index (χ0n) is 17.5. The quantitative estimate of drug-likeness (QED) is 0.692. The summed E-state index contributed by atoms with van der Waals surface area (Å²) in [5.74, 6) is 3.49. The lowest BCUT2D eigenvalue weighted by Crippen LogP contribution is -2.49. The minimum atomic E-state index is 0.257. The molecule has 1 atom stereocenters. The summed E-state index contributed by atoms with van der Waals surface area (Å²) in [4.78, 5) is 17.1. The number of nitrogens with zero attached hydrogens (tertiary/aromatic N) is 5. The fourth-order valence-corrected chi connectivity index (χ4v) is 5.12. The summed E-state index contributed by atoms with van der Waals surface area (Å²) < 4.78 is 11.0. The predicted molar refractivity (Wildman–Crippen MR) is 121 cm³/mol. The molecular weight excluding hydrogens is 398 g/mol. The molecule has 4 heterocycles. The summed E-state index contributed by atoms with van der Waals surface area (Å²) >= 11 is 5.88. The van der Waals surface area contributed by atoms with Crippen LogP contribution in [0.3, 0.4) is 0 Å². The maximum absolute atomic E-state index is 5.88. The molecule has 0 saturated carbocycles. The van der Waals surface area contributed by atoms with Crippen molar-refractivity contribution < 1.29 is 9.47 Å². The van der Waals surface area contributed by atoms with E-state index in [2.05, 4.69) is 21.6 Å². The van der Waals surface area contributed by atoms with E-state index in [1.54, 1.807) is 7.11 Å². The first-order valence-corrected chi connectivity index (χ1v) is 11.1. The highest BCUT2D eigenvalue weighted by atomic mass is 32.1. The van der Waals surface area contributed by atoms with Crippen LogP contribution in [0, 0.1) is 0 Å². The van der Waals surface area contributed by atoms with E-state index in [0.717, 1.165) is 80.3 Å². The van der Waals surface area contributed by atoms with Gasteiger partial charge in [0.2, 0.25) is 0 Å². The molecule has 8 heteroatoms. The van der Waals surface area contributed by atoms with E-state index in [0.29, 0.717) is 5.82 Å². The minimum Gasteiger partial charge on any atom is -0.497 e. The first-order chi connectivity index (χ1) is 14.7. The van der Waals surface area contributed by atoms with Crippen molar-refractivity contribution in [2.24, 2.45) is 0 Å². The number of methoxy groups -OCH3 is 1. The molecular formula is C22H27N5O2S. The topological polar surface area (TPSA) is 54.0 Å². The zero-order valence-corrected chi connectivity index (χ0v) is 18.3. The molecule has 0 aliphatic carbocycles. The van der Waals surface area contributed by atoms with Crippen LogP contribution in [0.15, 0.2) is 24.3 Å². The second kappa shape index (κ2) is 8.00. The van der Waals surface area contributed by atoms with Gasteiger partial charge in [0.25, 0.3) is 0 Å². The van der Waals surface area contributed by atoms with E-state index in [-0.39, 0.29) is 6.04 Å². The maximum Gasteiger partial charge on any atom is 0.177 e. The molecule has 0 bridgehead atoms. The Morgan fingerprint density at radius 2 is 1.97 bits per heavy atom. The number of thiocarbonyl (C=S) groups is 1. The van der Waals surface area contributed by atoms with Gasteiger partial charge < -0.3 is 24.2 Å². The second-order valence-electron chi connectivity index (χ2n) is 7.82. The zero-order chi connectivity index (χ0) is 20.7. The minimum absolute atomic E-state index is 0.257. The number of ether oxygens (including phenoxy) is 2. The van der Waals surface area contributed by atoms with Gasteiger partial charge in [-0.2, -0.15) is 0 Å². The van der Waals surface area contributed by atoms with Gasteiger partial charge in [0, 0.05) is 31.7 Å². The smallest absolute Gasteiger partial charge is 0.177 e. The fourth-order valence-electron chi connectivity index (χ4n) is 4.68. The SMILES string of the molecule is CCN1C(=S)N2CCCC2c2c(N3CCOCC3)nc(-c3cccc(OC)c3)nc21. The van der Waals surface area contributed by atoms with Crippen LogP contribution in [0.2, 0.25) is 0 Å². The van der Waals surface area contributed by atoms with Crippen molar-refractivity contribution >= 4 is 29.0 Å². The Balaban J connectivity index is 1.71. The summed E-state index contributed by atoms with van der Waals surface area (Å²) in [6.45, 7) is 7.03. The Labute approximate surface area is 182 Å². The summed E-state index contributed by atoms with van der Waals surface area (Å²) in [6, 6.07) is 8.20. The fraction of sp³-hybridized carbons (Fsp3) is 0.500. The Bertz CT molecular complexity index is 963. The van der Waals surface area contributed by atoms with Crippen molar-refractivity contribution in [1.29, 1.82) is 0 Å². The van der Waals surface area contributed by atoms with Crippen LogP contribution in [0.4, 0.5) is 11.6 Å². The van der Waals surface area contributed by atoms with E-state index in [1.807, 2.05) is 24.3 Å². The number of rotatable bonds is 4. The van der Waals surface area contributed by atoms with Gasteiger partial charge in [0.1, 0.15) is 17.4 Å². The van der Waals surface area contributed by atoms with Gasteiger partial charge in [-0.05, 0) is 44.1 Å². The first-order valence-electron chi connectivity index (χ1n) is 10.7. The van der Waals surface area contributed by atoms with Crippen molar-refractivity contribution in [2.45, 2.75) is 25.8 Å². The third kappa shape index (κ3) is 3.18. The molecule has 1 aromatic heterocycles. The van der Waals surface area contributed by atoms with Gasteiger partial charge in [-0.15, -0.1) is 0 Å². The molecule has 3 aliphatic heterocycles. The highest BCUT2D eigenvalue weighted by Gasteiger charge is 2.42. The van der Waals surface area contributed by atoms with Crippen molar-refractivity contribution in [3.63, 3.8) is 0 Å². The van der Waals surface area contributed by atoms with Gasteiger partial charge in [0.05, 0.1) is 31.9 Å². The monoisotopic (exact) mass is 425 g/mol. The van der Waals surface area contributed by atoms with Gasteiger partial charge in [-0.1, -0.05) is 12.1 Å². The predicted octanol–water partition coefficient (Wildman–Crippen LogP) is 3.25. The molecule has 1 unspecified atom stereocenters. The highest BCUT2D eigenvalue weighted by molar-refractivity contribution is 7.80. The number of aromatic nitrogens is 2. The van der Waals surface area contributed by atoms with Crippen LogP contribution < -0.4 is 14.5 Å². The third-order valence-corrected chi connectivity index (χ3v) is 6.63. The van der Waals surface area contributed by atoms with Gasteiger partial charge >= 0.3 is 0 Å². The van der Waals surface area contributed by atoms with Crippen LogP contribution in [0.25, 0.3) is 11.4 Å². The summed E-state index contributed by atoms with van der Waals surface area (Å²) in [6.07, 6.45) is 2.23. The maximum atomic E-state index is 5.88. The average molecular weight is 426 g/mol. The summed E-state index contributed by atoms with van der Waals surface area (Å²) in [7, 11) is 1.68. The Morgan fingerprint density at radius 3 is 2.73 bits per heavy atom. The third-order valence-electron chi connectivity index (χ3n) is 6.18. The van der Waals surface area contributed by atoms with Crippen LogP contribution >= 0.6 is 12.2 Å².